The van der Waals surface area contributed by atoms with E-state index in [-0.39, 0.29) is 0 Å². The highest BCUT2D eigenvalue weighted by Gasteiger charge is 2.10. The number of hydrogen-bond acceptors (Lipinski definition) is 4. The van der Waals surface area contributed by atoms with E-state index in [1.165, 1.54) is 0 Å². The molecule has 1 N–H and O–H groups in total. The molecule has 2 heterocycles. The zero-order valence-corrected chi connectivity index (χ0v) is 11.0. The summed E-state index contributed by atoms with van der Waals surface area (Å²) in [6, 6.07) is 7.65. The molecule has 0 aliphatic rings. The van der Waals surface area contributed by atoms with Gasteiger partial charge in [0, 0.05) is 0 Å². The summed E-state index contributed by atoms with van der Waals surface area (Å²) < 4.78 is 7.88. The van der Waals surface area contributed by atoms with Crippen LogP contribution in [0.2, 0.25) is 0 Å². The predicted molar refractivity (Wildman–Crippen MR) is 72.2 cm³/mol. The van der Waals surface area contributed by atoms with Gasteiger partial charge in [-0.15, -0.1) is 0 Å². The molecule has 6 heteroatoms. The summed E-state index contributed by atoms with van der Waals surface area (Å²) in [5.74, 6) is 1.36. The lowest BCUT2D eigenvalue weighted by molar-refractivity contribution is 0.459. The second-order valence-corrected chi connectivity index (χ2v) is 4.58. The molecule has 0 aliphatic carbocycles. The molecule has 0 amide bonds. The molecule has 19 heavy (non-hydrogen) atoms. The molecular formula is C13H10N4OS. The Balaban J connectivity index is 2.17. The number of hydrogen-bond donors (Lipinski definition) is 1. The zero-order valence-electron chi connectivity index (χ0n) is 10.2. The van der Waals surface area contributed by atoms with E-state index in [4.69, 9.17) is 21.9 Å². The molecule has 2 aromatic heterocycles. The van der Waals surface area contributed by atoms with Crippen molar-refractivity contribution in [3.63, 3.8) is 0 Å². The third kappa shape index (κ3) is 1.94. The Morgan fingerprint density at radius 1 is 1.53 bits per heavy atom. The lowest BCUT2D eigenvalue weighted by Crippen LogP contribution is -1.99. The van der Waals surface area contributed by atoms with Crippen molar-refractivity contribution in [1.82, 2.24) is 14.5 Å². The average Bonchev–Trinajstić information content (AvgIpc) is 2.94. The van der Waals surface area contributed by atoms with E-state index in [9.17, 15) is 0 Å². The predicted octanol–water partition coefficient (Wildman–Crippen LogP) is 2.92. The first-order chi connectivity index (χ1) is 9.19. The van der Waals surface area contributed by atoms with Gasteiger partial charge in [-0.25, -0.2) is 4.98 Å². The van der Waals surface area contributed by atoms with Crippen molar-refractivity contribution in [2.24, 2.45) is 0 Å². The number of fused-ring (bicyclic) bond motifs is 1. The number of aryl methyl sites for hydroxylation is 1. The lowest BCUT2D eigenvalue weighted by atomic mass is 10.2. The van der Waals surface area contributed by atoms with Crippen molar-refractivity contribution < 1.29 is 4.42 Å². The van der Waals surface area contributed by atoms with Crippen molar-refractivity contribution in [2.45, 2.75) is 13.5 Å². The maximum atomic E-state index is 9.08. The van der Waals surface area contributed by atoms with Crippen molar-refractivity contribution >= 4 is 23.3 Å². The van der Waals surface area contributed by atoms with E-state index in [0.717, 1.165) is 16.8 Å². The number of oxazole rings is 1. The number of aromatic amines is 1. The maximum absolute atomic E-state index is 9.08. The van der Waals surface area contributed by atoms with Crippen LogP contribution in [0.3, 0.4) is 0 Å². The van der Waals surface area contributed by atoms with Crippen LogP contribution in [0.4, 0.5) is 0 Å². The van der Waals surface area contributed by atoms with Gasteiger partial charge in [0.15, 0.2) is 4.77 Å². The summed E-state index contributed by atoms with van der Waals surface area (Å²) in [6.07, 6.45) is 1.68. The number of imidazole rings is 1. The second-order valence-electron chi connectivity index (χ2n) is 4.19. The minimum atomic E-state index is 0.446. The van der Waals surface area contributed by atoms with Gasteiger partial charge in [-0.1, -0.05) is 6.07 Å². The van der Waals surface area contributed by atoms with Gasteiger partial charge in [-0.2, -0.15) is 5.26 Å². The van der Waals surface area contributed by atoms with Gasteiger partial charge in [0.2, 0.25) is 5.89 Å². The summed E-state index contributed by atoms with van der Waals surface area (Å²) in [6.45, 7) is 2.29. The van der Waals surface area contributed by atoms with Crippen LogP contribution in [0.5, 0.6) is 0 Å². The first-order valence-electron chi connectivity index (χ1n) is 5.72. The minimum Gasteiger partial charge on any atom is -0.444 e. The van der Waals surface area contributed by atoms with Crippen LogP contribution in [-0.4, -0.2) is 14.5 Å². The van der Waals surface area contributed by atoms with Crippen molar-refractivity contribution in [3.8, 4) is 6.07 Å². The van der Waals surface area contributed by atoms with Gasteiger partial charge < -0.3 is 14.0 Å². The summed E-state index contributed by atoms with van der Waals surface area (Å²) in [4.78, 5) is 7.23. The number of benzene rings is 1. The SMILES string of the molecule is Cc1cnc(Cn2c(=S)[nH]c3c(C#N)cccc32)o1. The normalized spacial score (nSPS) is 10.7. The molecule has 94 valence electrons. The standard InChI is InChI=1S/C13H10N4OS/c1-8-6-15-11(18-8)7-17-10-4-2-3-9(5-14)12(10)16-13(17)19/h2-4,6H,7H2,1H3,(H,16,19). The fraction of sp³-hybridized carbons (Fsp3) is 0.154. The van der Waals surface area contributed by atoms with Gasteiger partial charge in [0.25, 0.3) is 0 Å². The maximum Gasteiger partial charge on any atom is 0.214 e. The van der Waals surface area contributed by atoms with E-state index in [0.29, 0.717) is 22.8 Å². The monoisotopic (exact) mass is 270 g/mol. The molecule has 1 aromatic carbocycles. The van der Waals surface area contributed by atoms with E-state index in [1.54, 1.807) is 12.3 Å². The molecule has 0 atom stereocenters. The van der Waals surface area contributed by atoms with Crippen LogP contribution in [0.1, 0.15) is 17.2 Å². The number of aromatic nitrogens is 3. The number of para-hydroxylation sites is 1. The van der Waals surface area contributed by atoms with Crippen LogP contribution in [0.25, 0.3) is 11.0 Å². The Hall–Kier alpha value is -2.39. The highest BCUT2D eigenvalue weighted by molar-refractivity contribution is 7.71. The summed E-state index contributed by atoms with van der Waals surface area (Å²) in [7, 11) is 0. The molecule has 3 rings (SSSR count). The van der Waals surface area contributed by atoms with Gasteiger partial charge in [-0.05, 0) is 31.3 Å². The number of nitrogens with zero attached hydrogens (tertiary/aromatic N) is 3. The van der Waals surface area contributed by atoms with E-state index >= 15 is 0 Å². The van der Waals surface area contributed by atoms with Crippen LogP contribution >= 0.6 is 12.2 Å². The minimum absolute atomic E-state index is 0.446. The fourth-order valence-electron chi connectivity index (χ4n) is 2.04. The Morgan fingerprint density at radius 3 is 3.05 bits per heavy atom. The highest BCUT2D eigenvalue weighted by Crippen LogP contribution is 2.19. The summed E-state index contributed by atoms with van der Waals surface area (Å²) in [5.41, 5.74) is 2.20. The fourth-order valence-corrected chi connectivity index (χ4v) is 2.31. The Kier molecular flexibility index (Phi) is 2.69. The van der Waals surface area contributed by atoms with Crippen LogP contribution in [0.15, 0.2) is 28.8 Å². The molecule has 0 unspecified atom stereocenters. The number of rotatable bonds is 2. The van der Waals surface area contributed by atoms with Gasteiger partial charge >= 0.3 is 0 Å². The first-order valence-corrected chi connectivity index (χ1v) is 6.13. The molecular weight excluding hydrogens is 260 g/mol. The Bertz CT molecular complexity index is 850. The highest BCUT2D eigenvalue weighted by atomic mass is 32.1. The lowest BCUT2D eigenvalue weighted by Gasteiger charge is -2.01. The number of nitrogens with one attached hydrogen (secondary N) is 1. The number of nitriles is 1. The molecule has 0 bridgehead atoms. The second kappa shape index (κ2) is 4.37. The Morgan fingerprint density at radius 2 is 2.37 bits per heavy atom. The van der Waals surface area contributed by atoms with Crippen molar-refractivity contribution in [1.29, 1.82) is 5.26 Å². The summed E-state index contributed by atoms with van der Waals surface area (Å²) >= 11 is 5.29. The molecule has 5 nitrogen and oxygen atoms in total. The first kappa shape index (κ1) is 11.7. The third-order valence-corrected chi connectivity index (χ3v) is 3.22. The largest absolute Gasteiger partial charge is 0.444 e. The van der Waals surface area contributed by atoms with Crippen LogP contribution in [0, 0.1) is 23.0 Å². The van der Waals surface area contributed by atoms with E-state index in [2.05, 4.69) is 16.0 Å². The quantitative estimate of drug-likeness (QED) is 0.727. The smallest absolute Gasteiger partial charge is 0.214 e. The molecule has 0 saturated heterocycles. The molecule has 0 saturated carbocycles. The molecule has 0 fully saturated rings. The molecule has 0 aliphatic heterocycles. The van der Waals surface area contributed by atoms with Gasteiger partial charge in [0.1, 0.15) is 18.4 Å². The van der Waals surface area contributed by atoms with Crippen LogP contribution in [-0.2, 0) is 6.54 Å². The topological polar surface area (TPSA) is 70.5 Å². The average molecular weight is 270 g/mol. The Labute approximate surface area is 114 Å². The van der Waals surface area contributed by atoms with Gasteiger partial charge in [-0.3, -0.25) is 0 Å². The van der Waals surface area contributed by atoms with Crippen molar-refractivity contribution in [2.75, 3.05) is 0 Å². The van der Waals surface area contributed by atoms with Crippen molar-refractivity contribution in [3.05, 3.63) is 46.4 Å². The molecule has 0 radical (unpaired) electrons. The van der Waals surface area contributed by atoms with Gasteiger partial charge in [0.05, 0.1) is 22.8 Å². The third-order valence-electron chi connectivity index (χ3n) is 2.89. The zero-order chi connectivity index (χ0) is 13.4. The summed E-state index contributed by atoms with van der Waals surface area (Å²) in [5, 5.41) is 9.08. The van der Waals surface area contributed by atoms with E-state index < -0.39 is 0 Å². The van der Waals surface area contributed by atoms with Crippen LogP contribution < -0.4 is 0 Å². The van der Waals surface area contributed by atoms with E-state index in [1.807, 2.05) is 23.6 Å². The molecule has 0 spiro atoms. The molecule has 3 aromatic rings. The number of H-pyrrole nitrogens is 1.